The van der Waals surface area contributed by atoms with Crippen LogP contribution in [-0.4, -0.2) is 21.9 Å². The van der Waals surface area contributed by atoms with Crippen molar-refractivity contribution in [3.8, 4) is 0 Å². The molecule has 8 heteroatoms. The van der Waals surface area contributed by atoms with E-state index < -0.39 is 11.7 Å². The molecule has 0 bridgehead atoms. The van der Waals surface area contributed by atoms with Crippen LogP contribution in [0.4, 0.5) is 4.39 Å². The fourth-order valence-electron chi connectivity index (χ4n) is 2.29. The molecule has 0 radical (unpaired) electrons. The maximum absolute atomic E-state index is 13.6. The first-order chi connectivity index (χ1) is 12.0. The Bertz CT molecular complexity index is 1060. The van der Waals surface area contributed by atoms with Crippen LogP contribution in [0.3, 0.4) is 0 Å². The van der Waals surface area contributed by atoms with Crippen LogP contribution in [0.1, 0.15) is 16.1 Å². The minimum atomic E-state index is -0.599. The molecule has 0 atom stereocenters. The molecule has 0 saturated heterocycles. The van der Waals surface area contributed by atoms with Gasteiger partial charge in [-0.3, -0.25) is 9.59 Å². The number of aromatic nitrogens is 2. The van der Waals surface area contributed by atoms with E-state index in [0.717, 1.165) is 4.68 Å². The zero-order valence-electron chi connectivity index (χ0n) is 13.0. The molecule has 1 aromatic heterocycles. The van der Waals surface area contributed by atoms with Gasteiger partial charge in [0.25, 0.3) is 11.5 Å². The summed E-state index contributed by atoms with van der Waals surface area (Å²) in [7, 11) is 1.46. The van der Waals surface area contributed by atoms with Gasteiger partial charge in [-0.1, -0.05) is 34.1 Å². The highest BCUT2D eigenvalue weighted by Crippen LogP contribution is 2.14. The fourth-order valence-corrected chi connectivity index (χ4v) is 2.67. The van der Waals surface area contributed by atoms with E-state index in [1.165, 1.54) is 25.4 Å². The summed E-state index contributed by atoms with van der Waals surface area (Å²) in [4.78, 5) is 24.4. The molecule has 0 saturated carbocycles. The summed E-state index contributed by atoms with van der Waals surface area (Å²) >= 11 is 3.24. The predicted molar refractivity (Wildman–Crippen MR) is 96.1 cm³/mol. The number of nitrogens with one attached hydrogen (secondary N) is 1. The average molecular weight is 403 g/mol. The highest BCUT2D eigenvalue weighted by Gasteiger charge is 2.14. The van der Waals surface area contributed by atoms with Crippen molar-refractivity contribution in [2.45, 2.75) is 0 Å². The number of benzene rings is 2. The lowest BCUT2D eigenvalue weighted by Crippen LogP contribution is -2.27. The normalized spacial score (nSPS) is 11.2. The van der Waals surface area contributed by atoms with Crippen LogP contribution >= 0.6 is 15.9 Å². The van der Waals surface area contributed by atoms with Crippen LogP contribution in [0.25, 0.3) is 10.8 Å². The number of hydrogen-bond acceptors (Lipinski definition) is 4. The Morgan fingerprint density at radius 1 is 1.28 bits per heavy atom. The second kappa shape index (κ2) is 6.94. The summed E-state index contributed by atoms with van der Waals surface area (Å²) < 4.78 is 15.4. The van der Waals surface area contributed by atoms with E-state index in [0.29, 0.717) is 15.2 Å². The Morgan fingerprint density at radius 3 is 2.76 bits per heavy atom. The molecule has 0 unspecified atom stereocenters. The van der Waals surface area contributed by atoms with Crippen molar-refractivity contribution >= 4 is 38.8 Å². The molecular formula is C17H12BrFN4O2. The van der Waals surface area contributed by atoms with Gasteiger partial charge < -0.3 is 0 Å². The summed E-state index contributed by atoms with van der Waals surface area (Å²) in [5.74, 6) is -1.06. The van der Waals surface area contributed by atoms with E-state index in [1.54, 1.807) is 30.3 Å². The number of rotatable bonds is 3. The summed E-state index contributed by atoms with van der Waals surface area (Å²) in [6.07, 6.45) is 1.20. The third-order valence-corrected chi connectivity index (χ3v) is 3.99. The molecule has 1 amide bonds. The molecule has 25 heavy (non-hydrogen) atoms. The minimum absolute atomic E-state index is 0.0598. The summed E-state index contributed by atoms with van der Waals surface area (Å²) in [6.45, 7) is 0. The van der Waals surface area contributed by atoms with Crippen molar-refractivity contribution in [3.63, 3.8) is 0 Å². The number of aryl methyl sites for hydroxylation is 1. The van der Waals surface area contributed by atoms with Crippen LogP contribution in [0.15, 0.2) is 56.8 Å². The van der Waals surface area contributed by atoms with Crippen molar-refractivity contribution in [2.75, 3.05) is 0 Å². The SMILES string of the molecule is Cn1nc(C(=O)N/N=C/c2cc(Br)ccc2F)c2ccccc2c1=O. The van der Waals surface area contributed by atoms with E-state index in [1.807, 2.05) is 0 Å². The first-order valence-electron chi connectivity index (χ1n) is 7.22. The minimum Gasteiger partial charge on any atom is -0.267 e. The summed E-state index contributed by atoms with van der Waals surface area (Å²) in [5, 5.41) is 8.57. The first kappa shape index (κ1) is 17.0. The van der Waals surface area contributed by atoms with Gasteiger partial charge >= 0.3 is 0 Å². The third kappa shape index (κ3) is 3.48. The van der Waals surface area contributed by atoms with Crippen molar-refractivity contribution in [1.29, 1.82) is 0 Å². The number of carbonyl (C=O) groups excluding carboxylic acids is 1. The molecule has 1 N–H and O–H groups in total. The number of hydrogen-bond donors (Lipinski definition) is 1. The Labute approximate surface area is 150 Å². The molecule has 3 aromatic rings. The van der Waals surface area contributed by atoms with Crippen molar-refractivity contribution in [1.82, 2.24) is 15.2 Å². The molecule has 0 aliphatic rings. The molecule has 3 rings (SSSR count). The van der Waals surface area contributed by atoms with Gasteiger partial charge in [-0.05, 0) is 24.3 Å². The first-order valence-corrected chi connectivity index (χ1v) is 8.01. The molecule has 0 aliphatic carbocycles. The second-order valence-electron chi connectivity index (χ2n) is 5.19. The van der Waals surface area contributed by atoms with E-state index in [9.17, 15) is 14.0 Å². The van der Waals surface area contributed by atoms with Gasteiger partial charge in [-0.2, -0.15) is 10.2 Å². The lowest BCUT2D eigenvalue weighted by atomic mass is 10.1. The molecule has 0 aliphatic heterocycles. The van der Waals surface area contributed by atoms with E-state index in [2.05, 4.69) is 31.6 Å². The Morgan fingerprint density at radius 2 is 2.00 bits per heavy atom. The van der Waals surface area contributed by atoms with E-state index >= 15 is 0 Å². The lowest BCUT2D eigenvalue weighted by molar-refractivity contribution is 0.0950. The van der Waals surface area contributed by atoms with Crippen molar-refractivity contribution in [3.05, 3.63) is 74.4 Å². The number of fused-ring (bicyclic) bond motifs is 1. The van der Waals surface area contributed by atoms with Crippen molar-refractivity contribution in [2.24, 2.45) is 12.1 Å². The molecule has 1 heterocycles. The standard InChI is InChI=1S/C17H12BrFN4O2/c1-23-17(25)13-5-3-2-4-12(13)15(22-23)16(24)21-20-9-10-8-11(18)6-7-14(10)19/h2-9H,1H3,(H,21,24)/b20-9+. The van der Waals surface area contributed by atoms with Crippen LogP contribution in [-0.2, 0) is 7.05 Å². The topological polar surface area (TPSA) is 76.3 Å². The predicted octanol–water partition coefficient (Wildman–Crippen LogP) is 2.60. The van der Waals surface area contributed by atoms with Gasteiger partial charge in [0.05, 0.1) is 11.6 Å². The van der Waals surface area contributed by atoms with Crippen LogP contribution < -0.4 is 11.0 Å². The summed E-state index contributed by atoms with van der Waals surface area (Å²) in [5.41, 5.74) is 2.28. The van der Waals surface area contributed by atoms with Crippen LogP contribution in [0, 0.1) is 5.82 Å². The highest BCUT2D eigenvalue weighted by atomic mass is 79.9. The van der Waals surface area contributed by atoms with Gasteiger partial charge in [-0.25, -0.2) is 14.5 Å². The Hall–Kier alpha value is -2.87. The largest absolute Gasteiger partial charge is 0.292 e. The number of hydrazone groups is 1. The highest BCUT2D eigenvalue weighted by molar-refractivity contribution is 9.10. The van der Waals surface area contributed by atoms with Crippen LogP contribution in [0.2, 0.25) is 0 Å². The zero-order chi connectivity index (χ0) is 18.0. The summed E-state index contributed by atoms with van der Waals surface area (Å²) in [6, 6.07) is 11.1. The van der Waals surface area contributed by atoms with E-state index in [-0.39, 0.29) is 16.8 Å². The quantitative estimate of drug-likeness (QED) is 0.540. The van der Waals surface area contributed by atoms with Gasteiger partial charge in [-0.15, -0.1) is 0 Å². The lowest BCUT2D eigenvalue weighted by Gasteiger charge is -2.06. The zero-order valence-corrected chi connectivity index (χ0v) is 14.6. The Kier molecular flexibility index (Phi) is 4.71. The molecule has 0 spiro atoms. The van der Waals surface area contributed by atoms with Crippen molar-refractivity contribution < 1.29 is 9.18 Å². The second-order valence-corrected chi connectivity index (χ2v) is 6.10. The van der Waals surface area contributed by atoms with Gasteiger partial charge in [0.1, 0.15) is 5.82 Å². The molecular weight excluding hydrogens is 391 g/mol. The maximum atomic E-state index is 13.6. The monoisotopic (exact) mass is 402 g/mol. The fraction of sp³-hybridized carbons (Fsp3) is 0.0588. The van der Waals surface area contributed by atoms with Gasteiger partial charge in [0.15, 0.2) is 5.69 Å². The number of amides is 1. The van der Waals surface area contributed by atoms with Gasteiger partial charge in [0.2, 0.25) is 0 Å². The van der Waals surface area contributed by atoms with E-state index in [4.69, 9.17) is 0 Å². The molecule has 6 nitrogen and oxygen atoms in total. The van der Waals surface area contributed by atoms with Crippen LogP contribution in [0.5, 0.6) is 0 Å². The third-order valence-electron chi connectivity index (χ3n) is 3.50. The Balaban J connectivity index is 1.91. The number of nitrogens with zero attached hydrogens (tertiary/aromatic N) is 3. The molecule has 2 aromatic carbocycles. The molecule has 126 valence electrons. The number of halogens is 2. The number of carbonyl (C=O) groups is 1. The average Bonchev–Trinajstić information content (AvgIpc) is 2.61. The van der Waals surface area contributed by atoms with Gasteiger partial charge in [0, 0.05) is 22.5 Å². The maximum Gasteiger partial charge on any atom is 0.292 e. The smallest absolute Gasteiger partial charge is 0.267 e. The molecule has 0 fully saturated rings.